The summed E-state index contributed by atoms with van der Waals surface area (Å²) in [4.78, 5) is 21.9. The average Bonchev–Trinajstić information content (AvgIpc) is 2.47. The van der Waals surface area contributed by atoms with Crippen molar-refractivity contribution in [3.8, 4) is 5.75 Å². The van der Waals surface area contributed by atoms with Crippen LogP contribution in [0.15, 0.2) is 24.3 Å². The number of rotatable bonds is 4. The highest BCUT2D eigenvalue weighted by Gasteiger charge is 2.30. The first-order valence-electron chi connectivity index (χ1n) is 5.70. The van der Waals surface area contributed by atoms with Gasteiger partial charge >= 0.3 is 5.97 Å². The predicted molar refractivity (Wildman–Crippen MR) is 66.0 cm³/mol. The van der Waals surface area contributed by atoms with E-state index in [1.54, 1.807) is 43.5 Å². The molecule has 1 saturated heterocycles. The maximum absolute atomic E-state index is 11.3. The number of esters is 1. The van der Waals surface area contributed by atoms with Crippen LogP contribution in [0.5, 0.6) is 5.75 Å². The molecule has 0 spiro atoms. The highest BCUT2D eigenvalue weighted by molar-refractivity contribution is 5.77. The second kappa shape index (κ2) is 6.33. The molecule has 19 heavy (non-hydrogen) atoms. The molecule has 2 atom stereocenters. The topological polar surface area (TPSA) is 61.8 Å². The van der Waals surface area contributed by atoms with Crippen molar-refractivity contribution < 1.29 is 23.8 Å². The van der Waals surface area contributed by atoms with Crippen molar-refractivity contribution in [3.63, 3.8) is 0 Å². The molecule has 1 heterocycles. The zero-order valence-corrected chi connectivity index (χ0v) is 10.3. The van der Waals surface area contributed by atoms with Gasteiger partial charge < -0.3 is 14.2 Å². The predicted octanol–water partition coefficient (Wildman–Crippen LogP) is 1.39. The minimum absolute atomic E-state index is 0.478. The molecule has 1 aromatic rings. The number of carbonyl (C=O) groups excluding carboxylic acids is 2. The van der Waals surface area contributed by atoms with Gasteiger partial charge in [-0.15, -0.1) is 0 Å². The summed E-state index contributed by atoms with van der Waals surface area (Å²) in [5, 5.41) is 0. The van der Waals surface area contributed by atoms with Crippen LogP contribution in [0.25, 0.3) is 0 Å². The third-order valence-electron chi connectivity index (χ3n) is 2.54. The minimum atomic E-state index is -0.769. The Hall–Kier alpha value is -1.88. The van der Waals surface area contributed by atoms with Crippen molar-refractivity contribution in [2.45, 2.75) is 12.4 Å². The summed E-state index contributed by atoms with van der Waals surface area (Å²) in [7, 11) is 1.30. The molecule has 0 bridgehead atoms. The summed E-state index contributed by atoms with van der Waals surface area (Å²) < 4.78 is 15.5. The lowest BCUT2D eigenvalue weighted by Gasteiger charge is -2.27. The molecule has 2 rings (SSSR count). The maximum Gasteiger partial charge on any atom is 0.335 e. The fourth-order valence-electron chi connectivity index (χ4n) is 1.57. The van der Waals surface area contributed by atoms with Crippen LogP contribution in [-0.2, 0) is 14.3 Å². The summed E-state index contributed by atoms with van der Waals surface area (Å²) >= 11 is 0. The Morgan fingerprint density at radius 3 is 2.63 bits per heavy atom. The van der Waals surface area contributed by atoms with Crippen LogP contribution in [0.4, 0.5) is 0 Å². The molecule has 5 nitrogen and oxygen atoms in total. The highest BCUT2D eigenvalue weighted by atomic mass is 16.7. The number of hydrogen-bond donors (Lipinski definition) is 0. The summed E-state index contributed by atoms with van der Waals surface area (Å²) in [6.07, 6.45) is 4.26. The van der Waals surface area contributed by atoms with E-state index in [0.29, 0.717) is 11.3 Å². The van der Waals surface area contributed by atoms with Crippen LogP contribution in [0.3, 0.4) is 0 Å². The van der Waals surface area contributed by atoms with Crippen molar-refractivity contribution in [3.05, 3.63) is 49.1 Å². The Morgan fingerprint density at radius 1 is 1.26 bits per heavy atom. The van der Waals surface area contributed by atoms with Crippen LogP contribution >= 0.6 is 0 Å². The third kappa shape index (κ3) is 3.54. The molecule has 1 aliphatic rings. The lowest BCUT2D eigenvalue weighted by atomic mass is 10.1. The number of carbonyl (C=O) groups is 2. The molecule has 1 fully saturated rings. The van der Waals surface area contributed by atoms with Gasteiger partial charge in [0.05, 0.1) is 7.11 Å². The summed E-state index contributed by atoms with van der Waals surface area (Å²) in [5.74, 6) is 0.0695. The number of methoxy groups -OCH3 is 1. The van der Waals surface area contributed by atoms with Gasteiger partial charge in [-0.2, -0.15) is 0 Å². The fourth-order valence-corrected chi connectivity index (χ4v) is 1.57. The van der Waals surface area contributed by atoms with Crippen molar-refractivity contribution >= 4 is 12.3 Å². The van der Waals surface area contributed by atoms with E-state index in [-0.39, 0.29) is 0 Å². The molecular formula is C14H13O5. The van der Waals surface area contributed by atoms with E-state index in [1.165, 1.54) is 7.11 Å². The van der Waals surface area contributed by atoms with Crippen LogP contribution in [-0.4, -0.2) is 31.8 Å². The van der Waals surface area contributed by atoms with Gasteiger partial charge in [-0.25, -0.2) is 4.79 Å². The normalized spacial score (nSPS) is 22.6. The van der Waals surface area contributed by atoms with E-state index in [0.717, 1.165) is 6.29 Å². The molecular weight excluding hydrogens is 248 g/mol. The minimum Gasteiger partial charge on any atom is -0.467 e. The van der Waals surface area contributed by atoms with Crippen LogP contribution < -0.4 is 4.74 Å². The van der Waals surface area contributed by atoms with Gasteiger partial charge in [0, 0.05) is 18.4 Å². The summed E-state index contributed by atoms with van der Waals surface area (Å²) in [6.45, 7) is 0. The smallest absolute Gasteiger partial charge is 0.335 e. The number of hydrogen-bond acceptors (Lipinski definition) is 5. The van der Waals surface area contributed by atoms with Crippen LogP contribution in [0.2, 0.25) is 0 Å². The molecule has 3 radical (unpaired) electrons. The first-order chi connectivity index (χ1) is 9.22. The Bertz CT molecular complexity index is 440. The molecule has 0 aromatic heterocycles. The Balaban J connectivity index is 1.94. The van der Waals surface area contributed by atoms with Crippen molar-refractivity contribution in [1.82, 2.24) is 0 Å². The van der Waals surface area contributed by atoms with Gasteiger partial charge in [-0.05, 0) is 30.7 Å². The van der Waals surface area contributed by atoms with E-state index in [1.807, 2.05) is 0 Å². The lowest BCUT2D eigenvalue weighted by Crippen LogP contribution is -2.38. The molecule has 0 unspecified atom stereocenters. The number of ether oxygens (including phenoxy) is 3. The van der Waals surface area contributed by atoms with E-state index in [4.69, 9.17) is 9.47 Å². The second-order valence-electron chi connectivity index (χ2n) is 3.83. The van der Waals surface area contributed by atoms with Gasteiger partial charge in [-0.3, -0.25) is 4.79 Å². The van der Waals surface area contributed by atoms with Gasteiger partial charge in [0.25, 0.3) is 0 Å². The second-order valence-corrected chi connectivity index (χ2v) is 3.83. The first kappa shape index (κ1) is 13.5. The number of aldehydes is 1. The van der Waals surface area contributed by atoms with Crippen LogP contribution in [0.1, 0.15) is 10.4 Å². The Morgan fingerprint density at radius 2 is 2.00 bits per heavy atom. The number of benzene rings is 1. The molecule has 1 aromatic carbocycles. The molecule has 0 N–H and O–H groups in total. The third-order valence-corrected chi connectivity index (χ3v) is 2.54. The standard InChI is InChI=1S/C14H13O5/c1-17-14(16)12-3-2-4-13(19-12)18-11-7-5-10(9-15)6-8-11/h2-9,12-13H,1H3/t12-,13+/m1/s1. The van der Waals surface area contributed by atoms with Crippen LogP contribution in [0, 0.1) is 19.3 Å². The largest absolute Gasteiger partial charge is 0.467 e. The van der Waals surface area contributed by atoms with Crippen molar-refractivity contribution in [2.75, 3.05) is 7.11 Å². The quantitative estimate of drug-likeness (QED) is 0.605. The Labute approximate surface area is 111 Å². The summed E-state index contributed by atoms with van der Waals surface area (Å²) in [5.41, 5.74) is 0.563. The molecule has 99 valence electrons. The SMILES string of the molecule is COC(=O)[C@H]1[CH][CH][CH][C@@H](Oc2ccc(C=O)cc2)O1. The molecule has 5 heteroatoms. The van der Waals surface area contributed by atoms with E-state index in [2.05, 4.69) is 4.74 Å². The van der Waals surface area contributed by atoms with E-state index < -0.39 is 18.4 Å². The van der Waals surface area contributed by atoms with Gasteiger partial charge in [0.15, 0.2) is 6.10 Å². The first-order valence-corrected chi connectivity index (χ1v) is 5.70. The maximum atomic E-state index is 11.3. The van der Waals surface area contributed by atoms with E-state index in [9.17, 15) is 9.59 Å². The highest BCUT2D eigenvalue weighted by Crippen LogP contribution is 2.21. The van der Waals surface area contributed by atoms with Crippen molar-refractivity contribution in [1.29, 1.82) is 0 Å². The van der Waals surface area contributed by atoms with Gasteiger partial charge in [0.2, 0.25) is 6.29 Å². The summed E-state index contributed by atoms with van der Waals surface area (Å²) in [6, 6.07) is 6.59. The zero-order valence-electron chi connectivity index (χ0n) is 10.3. The molecule has 0 amide bonds. The molecule has 0 aliphatic carbocycles. The molecule has 1 aliphatic heterocycles. The monoisotopic (exact) mass is 261 g/mol. The Kier molecular flexibility index (Phi) is 4.52. The lowest BCUT2D eigenvalue weighted by molar-refractivity contribution is -0.165. The molecule has 0 saturated carbocycles. The average molecular weight is 261 g/mol. The van der Waals surface area contributed by atoms with Crippen molar-refractivity contribution in [2.24, 2.45) is 0 Å². The fraction of sp³-hybridized carbons (Fsp3) is 0.214. The van der Waals surface area contributed by atoms with E-state index >= 15 is 0 Å². The van der Waals surface area contributed by atoms with Gasteiger partial charge in [0.1, 0.15) is 12.0 Å². The van der Waals surface area contributed by atoms with Gasteiger partial charge in [-0.1, -0.05) is 0 Å². The zero-order chi connectivity index (χ0) is 13.7.